The first kappa shape index (κ1) is 9.05. The van der Waals surface area contributed by atoms with E-state index in [1.807, 2.05) is 0 Å². The SMILES string of the molecule is C=C(C)C1C(=C)C2OC1C1SCCC21. The second kappa shape index (κ2) is 2.89. The van der Waals surface area contributed by atoms with Gasteiger partial charge in [-0.1, -0.05) is 18.7 Å². The predicted molar refractivity (Wildman–Crippen MR) is 60.5 cm³/mol. The molecule has 3 saturated heterocycles. The quantitative estimate of drug-likeness (QED) is 0.613. The maximum absolute atomic E-state index is 6.04. The highest BCUT2D eigenvalue weighted by Gasteiger charge is 2.57. The van der Waals surface area contributed by atoms with E-state index < -0.39 is 0 Å². The van der Waals surface area contributed by atoms with Crippen LogP contribution in [0.25, 0.3) is 0 Å². The summed E-state index contributed by atoms with van der Waals surface area (Å²) in [5.41, 5.74) is 2.53. The van der Waals surface area contributed by atoms with Gasteiger partial charge in [0.25, 0.3) is 0 Å². The average molecular weight is 208 g/mol. The maximum Gasteiger partial charge on any atom is 0.0834 e. The molecule has 5 atom stereocenters. The van der Waals surface area contributed by atoms with Crippen LogP contribution in [0.2, 0.25) is 0 Å². The van der Waals surface area contributed by atoms with Gasteiger partial charge in [-0.25, -0.2) is 0 Å². The van der Waals surface area contributed by atoms with Crippen LogP contribution < -0.4 is 0 Å². The lowest BCUT2D eigenvalue weighted by Crippen LogP contribution is -2.34. The van der Waals surface area contributed by atoms with Gasteiger partial charge in [0.2, 0.25) is 0 Å². The predicted octanol–water partition coefficient (Wildman–Crippen LogP) is 2.64. The van der Waals surface area contributed by atoms with E-state index in [4.69, 9.17) is 4.74 Å². The molecule has 1 nitrogen and oxygen atoms in total. The van der Waals surface area contributed by atoms with Crippen molar-refractivity contribution in [3.05, 3.63) is 24.3 Å². The zero-order valence-corrected chi connectivity index (χ0v) is 9.35. The summed E-state index contributed by atoms with van der Waals surface area (Å²) >= 11 is 2.09. The van der Waals surface area contributed by atoms with Gasteiger partial charge in [-0.15, -0.1) is 0 Å². The van der Waals surface area contributed by atoms with Crippen LogP contribution in [0.1, 0.15) is 13.3 Å². The Morgan fingerprint density at radius 3 is 3.07 bits per heavy atom. The van der Waals surface area contributed by atoms with E-state index in [9.17, 15) is 0 Å². The molecule has 0 aliphatic carbocycles. The summed E-state index contributed by atoms with van der Waals surface area (Å²) in [6.45, 7) is 10.4. The number of rotatable bonds is 1. The third-order valence-corrected chi connectivity index (χ3v) is 5.30. The largest absolute Gasteiger partial charge is 0.368 e. The Hall–Kier alpha value is -0.210. The van der Waals surface area contributed by atoms with Gasteiger partial charge in [0.15, 0.2) is 0 Å². The zero-order chi connectivity index (χ0) is 9.87. The standard InChI is InChI=1S/C12H16OS/c1-6(2)9-7(3)10-8-4-5-14-12(8)11(9)13-10/h8-12H,1,3-5H2,2H3. The Bertz CT molecular complexity index is 309. The minimum absolute atomic E-state index is 0.349. The van der Waals surface area contributed by atoms with Gasteiger partial charge in [-0.2, -0.15) is 11.8 Å². The lowest BCUT2D eigenvalue weighted by Gasteiger charge is -2.29. The molecule has 3 fully saturated rings. The molecule has 2 heteroatoms. The first-order chi connectivity index (χ1) is 6.70. The van der Waals surface area contributed by atoms with Crippen molar-refractivity contribution >= 4 is 11.8 Å². The lowest BCUT2D eigenvalue weighted by atomic mass is 9.75. The molecule has 0 N–H and O–H groups in total. The second-order valence-corrected chi connectivity index (χ2v) is 5.99. The summed E-state index contributed by atoms with van der Waals surface area (Å²) in [7, 11) is 0. The first-order valence-corrected chi connectivity index (χ1v) is 6.36. The van der Waals surface area contributed by atoms with Gasteiger partial charge >= 0.3 is 0 Å². The van der Waals surface area contributed by atoms with Crippen LogP contribution in [-0.4, -0.2) is 23.2 Å². The average Bonchev–Trinajstić information content (AvgIpc) is 2.69. The Morgan fingerprint density at radius 2 is 2.36 bits per heavy atom. The number of hydrogen-bond acceptors (Lipinski definition) is 2. The number of hydrogen-bond donors (Lipinski definition) is 0. The summed E-state index contributed by atoms with van der Waals surface area (Å²) in [6, 6.07) is 0. The van der Waals surface area contributed by atoms with E-state index in [0.29, 0.717) is 18.1 Å². The minimum atomic E-state index is 0.349. The van der Waals surface area contributed by atoms with Crippen molar-refractivity contribution in [2.45, 2.75) is 30.8 Å². The van der Waals surface area contributed by atoms with Crippen molar-refractivity contribution in [2.24, 2.45) is 11.8 Å². The van der Waals surface area contributed by atoms with Gasteiger partial charge < -0.3 is 4.74 Å². The Labute approximate surface area is 89.6 Å². The molecule has 0 radical (unpaired) electrons. The van der Waals surface area contributed by atoms with Crippen LogP contribution in [0.5, 0.6) is 0 Å². The van der Waals surface area contributed by atoms with Crippen molar-refractivity contribution in [1.29, 1.82) is 0 Å². The van der Waals surface area contributed by atoms with Gasteiger partial charge in [-0.05, 0) is 24.7 Å². The van der Waals surface area contributed by atoms with Crippen LogP contribution >= 0.6 is 11.8 Å². The third kappa shape index (κ3) is 0.961. The highest BCUT2D eigenvalue weighted by atomic mass is 32.2. The van der Waals surface area contributed by atoms with Crippen molar-refractivity contribution in [3.63, 3.8) is 0 Å². The highest BCUT2D eigenvalue weighted by Crippen LogP contribution is 2.56. The molecule has 0 amide bonds. The van der Waals surface area contributed by atoms with E-state index in [0.717, 1.165) is 11.2 Å². The van der Waals surface area contributed by atoms with E-state index in [-0.39, 0.29) is 0 Å². The Kier molecular flexibility index (Phi) is 1.87. The molecular weight excluding hydrogens is 192 g/mol. The molecule has 3 aliphatic heterocycles. The normalized spacial score (nSPS) is 49.8. The van der Waals surface area contributed by atoms with Gasteiger partial charge in [0.1, 0.15) is 0 Å². The van der Waals surface area contributed by atoms with E-state index >= 15 is 0 Å². The monoisotopic (exact) mass is 208 g/mol. The lowest BCUT2D eigenvalue weighted by molar-refractivity contribution is 0.0931. The summed E-state index contributed by atoms with van der Waals surface area (Å²) < 4.78 is 6.04. The highest BCUT2D eigenvalue weighted by molar-refractivity contribution is 8.00. The van der Waals surface area contributed by atoms with Crippen LogP contribution in [0, 0.1) is 11.8 Å². The molecule has 0 aromatic rings. The minimum Gasteiger partial charge on any atom is -0.368 e. The molecule has 5 unspecified atom stereocenters. The molecule has 0 spiro atoms. The van der Waals surface area contributed by atoms with E-state index in [1.54, 1.807) is 0 Å². The molecule has 3 rings (SSSR count). The van der Waals surface area contributed by atoms with Crippen molar-refractivity contribution in [1.82, 2.24) is 0 Å². The van der Waals surface area contributed by atoms with Crippen LogP contribution in [-0.2, 0) is 4.74 Å². The summed E-state index contributed by atoms with van der Waals surface area (Å²) in [5.74, 6) is 2.50. The van der Waals surface area contributed by atoms with Crippen molar-refractivity contribution in [2.75, 3.05) is 5.75 Å². The number of thioether (sulfide) groups is 1. The molecule has 3 aliphatic rings. The topological polar surface area (TPSA) is 9.23 Å². The first-order valence-electron chi connectivity index (χ1n) is 5.31. The van der Waals surface area contributed by atoms with Gasteiger partial charge in [-0.3, -0.25) is 0 Å². The van der Waals surface area contributed by atoms with Gasteiger partial charge in [0.05, 0.1) is 12.2 Å². The molecule has 0 aromatic heterocycles. The molecular formula is C12H16OS. The summed E-state index contributed by atoms with van der Waals surface area (Å²) in [4.78, 5) is 0. The summed E-state index contributed by atoms with van der Waals surface area (Å²) in [6.07, 6.45) is 2.06. The fourth-order valence-electron chi connectivity index (χ4n) is 3.25. The second-order valence-electron chi connectivity index (χ2n) is 4.71. The smallest absolute Gasteiger partial charge is 0.0834 e. The Balaban J connectivity index is 1.95. The van der Waals surface area contributed by atoms with Crippen molar-refractivity contribution < 1.29 is 4.74 Å². The third-order valence-electron chi connectivity index (χ3n) is 3.82. The summed E-state index contributed by atoms with van der Waals surface area (Å²) in [5, 5.41) is 0.729. The molecule has 14 heavy (non-hydrogen) atoms. The van der Waals surface area contributed by atoms with Crippen LogP contribution in [0.15, 0.2) is 24.3 Å². The molecule has 3 heterocycles. The Morgan fingerprint density at radius 1 is 1.57 bits per heavy atom. The maximum atomic E-state index is 6.04. The van der Waals surface area contributed by atoms with Crippen LogP contribution in [0.4, 0.5) is 0 Å². The van der Waals surface area contributed by atoms with Crippen molar-refractivity contribution in [3.8, 4) is 0 Å². The van der Waals surface area contributed by atoms with Gasteiger partial charge in [0, 0.05) is 17.1 Å². The fourth-order valence-corrected chi connectivity index (χ4v) is 4.87. The van der Waals surface area contributed by atoms with Crippen LogP contribution in [0.3, 0.4) is 0 Å². The van der Waals surface area contributed by atoms with E-state index in [1.165, 1.54) is 23.3 Å². The fraction of sp³-hybridized carbons (Fsp3) is 0.667. The molecule has 0 aromatic carbocycles. The number of ether oxygens (including phenoxy) is 1. The molecule has 76 valence electrons. The zero-order valence-electron chi connectivity index (χ0n) is 8.53. The van der Waals surface area contributed by atoms with E-state index in [2.05, 4.69) is 31.8 Å². The molecule has 0 saturated carbocycles. The number of fused-ring (bicyclic) bond motifs is 5. The molecule has 2 bridgehead atoms.